The number of carbonyl (C=O) groups excluding carboxylic acids is 1. The molecule has 2 rings (SSSR count). The van der Waals surface area contributed by atoms with E-state index < -0.39 is 11.9 Å². The Balaban J connectivity index is 2.04. The summed E-state index contributed by atoms with van der Waals surface area (Å²) in [6.07, 6.45) is 2.18. The van der Waals surface area contributed by atoms with Gasteiger partial charge in [0.05, 0.1) is 11.6 Å². The van der Waals surface area contributed by atoms with Crippen molar-refractivity contribution in [2.75, 3.05) is 0 Å². The number of rotatable bonds is 3. The van der Waals surface area contributed by atoms with E-state index in [1.54, 1.807) is 6.92 Å². The highest BCUT2D eigenvalue weighted by Crippen LogP contribution is 2.26. The SMILES string of the molecule is Cc1nnsc1C(=O)N[C@@H]1CCC[C@H]1C(=O)O. The molecule has 1 aliphatic carbocycles. The number of hydrogen-bond donors (Lipinski definition) is 2. The van der Waals surface area contributed by atoms with Crippen LogP contribution in [0.3, 0.4) is 0 Å². The summed E-state index contributed by atoms with van der Waals surface area (Å²) in [5.74, 6) is -1.58. The Morgan fingerprint density at radius 1 is 1.47 bits per heavy atom. The van der Waals surface area contributed by atoms with Gasteiger partial charge in [0.15, 0.2) is 0 Å². The minimum atomic E-state index is -0.841. The molecule has 6 nitrogen and oxygen atoms in total. The van der Waals surface area contributed by atoms with Crippen molar-refractivity contribution in [3.05, 3.63) is 10.6 Å². The van der Waals surface area contributed by atoms with Crippen LogP contribution in [-0.4, -0.2) is 32.6 Å². The third kappa shape index (κ3) is 2.44. The van der Waals surface area contributed by atoms with E-state index in [4.69, 9.17) is 5.11 Å². The molecule has 0 radical (unpaired) electrons. The Hall–Kier alpha value is -1.50. The lowest BCUT2D eigenvalue weighted by Crippen LogP contribution is -2.40. The van der Waals surface area contributed by atoms with Gasteiger partial charge in [-0.25, -0.2) is 0 Å². The number of carbonyl (C=O) groups is 2. The average molecular weight is 255 g/mol. The van der Waals surface area contributed by atoms with Crippen LogP contribution >= 0.6 is 11.5 Å². The first-order valence-corrected chi connectivity index (χ1v) is 6.19. The standard InChI is InChI=1S/C10H13N3O3S/c1-5-8(17-13-12-5)9(14)11-7-4-2-3-6(7)10(15)16/h6-7H,2-4H2,1H3,(H,11,14)(H,15,16)/t6-,7-/m1/s1. The summed E-state index contributed by atoms with van der Waals surface area (Å²) in [6, 6.07) is -0.276. The predicted molar refractivity (Wildman–Crippen MR) is 60.9 cm³/mol. The van der Waals surface area contributed by atoms with Gasteiger partial charge in [0, 0.05) is 6.04 Å². The zero-order chi connectivity index (χ0) is 12.4. The first-order valence-electron chi connectivity index (χ1n) is 5.42. The number of nitrogens with zero attached hydrogens (tertiary/aromatic N) is 2. The van der Waals surface area contributed by atoms with Gasteiger partial charge in [-0.05, 0) is 31.3 Å². The number of aliphatic carboxylic acids is 1. The van der Waals surface area contributed by atoms with Gasteiger partial charge in [-0.15, -0.1) is 5.10 Å². The monoisotopic (exact) mass is 255 g/mol. The van der Waals surface area contributed by atoms with Crippen LogP contribution in [0.1, 0.15) is 34.6 Å². The maximum atomic E-state index is 11.9. The second-order valence-corrected chi connectivity index (χ2v) is 4.90. The zero-order valence-corrected chi connectivity index (χ0v) is 10.2. The summed E-state index contributed by atoms with van der Waals surface area (Å²) in [5, 5.41) is 15.5. The molecule has 2 atom stereocenters. The molecule has 0 saturated heterocycles. The minimum Gasteiger partial charge on any atom is -0.481 e. The maximum absolute atomic E-state index is 11.9. The van der Waals surface area contributed by atoms with Crippen LogP contribution in [0.5, 0.6) is 0 Å². The van der Waals surface area contributed by atoms with Gasteiger partial charge >= 0.3 is 5.97 Å². The van der Waals surface area contributed by atoms with Gasteiger partial charge in [-0.2, -0.15) is 0 Å². The number of carboxylic acid groups (broad SMARTS) is 1. The molecule has 0 aliphatic heterocycles. The Bertz CT molecular complexity index is 446. The van der Waals surface area contributed by atoms with Gasteiger partial charge in [-0.1, -0.05) is 10.9 Å². The molecule has 1 saturated carbocycles. The highest BCUT2D eigenvalue weighted by Gasteiger charge is 2.34. The highest BCUT2D eigenvalue weighted by molar-refractivity contribution is 7.08. The number of aryl methyl sites for hydroxylation is 1. The first kappa shape index (κ1) is 12.0. The molecule has 0 unspecified atom stereocenters. The number of amides is 1. The van der Waals surface area contributed by atoms with E-state index in [1.807, 2.05) is 0 Å². The lowest BCUT2D eigenvalue weighted by atomic mass is 10.0. The quantitative estimate of drug-likeness (QED) is 0.834. The first-order chi connectivity index (χ1) is 8.09. The number of nitrogens with one attached hydrogen (secondary N) is 1. The molecular formula is C10H13N3O3S. The van der Waals surface area contributed by atoms with Gasteiger partial charge in [0.25, 0.3) is 5.91 Å². The third-order valence-corrected chi connectivity index (χ3v) is 3.83. The summed E-state index contributed by atoms with van der Waals surface area (Å²) in [7, 11) is 0. The molecule has 0 spiro atoms. The Kier molecular flexibility index (Phi) is 3.37. The van der Waals surface area contributed by atoms with Crippen molar-refractivity contribution in [2.45, 2.75) is 32.2 Å². The third-order valence-electron chi connectivity index (χ3n) is 3.01. The van der Waals surface area contributed by atoms with Crippen LogP contribution < -0.4 is 5.32 Å². The molecule has 1 amide bonds. The molecule has 92 valence electrons. The fourth-order valence-electron chi connectivity index (χ4n) is 2.10. The number of hydrogen-bond acceptors (Lipinski definition) is 5. The van der Waals surface area contributed by atoms with Crippen LogP contribution in [0.15, 0.2) is 0 Å². The molecule has 2 N–H and O–H groups in total. The van der Waals surface area contributed by atoms with Crippen LogP contribution in [0.4, 0.5) is 0 Å². The predicted octanol–water partition coefficient (Wildman–Crippen LogP) is 0.830. The van der Waals surface area contributed by atoms with E-state index >= 15 is 0 Å². The smallest absolute Gasteiger partial charge is 0.308 e. The van der Waals surface area contributed by atoms with Crippen molar-refractivity contribution in [1.29, 1.82) is 0 Å². The van der Waals surface area contributed by atoms with E-state index in [1.165, 1.54) is 0 Å². The summed E-state index contributed by atoms with van der Waals surface area (Å²) in [5.41, 5.74) is 0.581. The Morgan fingerprint density at radius 2 is 2.24 bits per heavy atom. The Labute approximate surface area is 102 Å². The van der Waals surface area contributed by atoms with Crippen LogP contribution in [0.25, 0.3) is 0 Å². The lowest BCUT2D eigenvalue weighted by Gasteiger charge is -2.16. The van der Waals surface area contributed by atoms with Crippen molar-refractivity contribution in [3.63, 3.8) is 0 Å². The topological polar surface area (TPSA) is 92.2 Å². The number of aromatic nitrogens is 2. The molecule has 1 fully saturated rings. The molecule has 1 aliphatic rings. The van der Waals surface area contributed by atoms with E-state index in [-0.39, 0.29) is 11.9 Å². The van der Waals surface area contributed by atoms with E-state index in [0.29, 0.717) is 23.4 Å². The van der Waals surface area contributed by atoms with Crippen LogP contribution in [-0.2, 0) is 4.79 Å². The fraction of sp³-hybridized carbons (Fsp3) is 0.600. The summed E-state index contributed by atoms with van der Waals surface area (Å²) >= 11 is 1.03. The van der Waals surface area contributed by atoms with Gasteiger partial charge in [0.2, 0.25) is 0 Å². The molecule has 0 bridgehead atoms. The summed E-state index contributed by atoms with van der Waals surface area (Å²) < 4.78 is 3.69. The summed E-state index contributed by atoms with van der Waals surface area (Å²) in [4.78, 5) is 23.3. The van der Waals surface area contributed by atoms with Crippen molar-refractivity contribution >= 4 is 23.4 Å². The largest absolute Gasteiger partial charge is 0.481 e. The van der Waals surface area contributed by atoms with Gasteiger partial charge < -0.3 is 10.4 Å². The second-order valence-electron chi connectivity index (χ2n) is 4.14. The number of carboxylic acids is 1. The van der Waals surface area contributed by atoms with Crippen LogP contribution in [0, 0.1) is 12.8 Å². The molecule has 1 heterocycles. The molecule has 0 aromatic carbocycles. The van der Waals surface area contributed by atoms with E-state index in [0.717, 1.165) is 18.0 Å². The van der Waals surface area contributed by atoms with Crippen LogP contribution in [0.2, 0.25) is 0 Å². The lowest BCUT2D eigenvalue weighted by molar-refractivity contribution is -0.142. The van der Waals surface area contributed by atoms with Crippen molar-refractivity contribution in [1.82, 2.24) is 14.9 Å². The van der Waals surface area contributed by atoms with E-state index in [9.17, 15) is 9.59 Å². The highest BCUT2D eigenvalue weighted by atomic mass is 32.1. The Morgan fingerprint density at radius 3 is 2.82 bits per heavy atom. The zero-order valence-electron chi connectivity index (χ0n) is 9.34. The minimum absolute atomic E-state index is 0.268. The molecule has 7 heteroatoms. The maximum Gasteiger partial charge on any atom is 0.308 e. The van der Waals surface area contributed by atoms with Crippen molar-refractivity contribution < 1.29 is 14.7 Å². The summed E-state index contributed by atoms with van der Waals surface area (Å²) in [6.45, 7) is 1.71. The normalized spacial score (nSPS) is 23.6. The molecule has 1 aromatic heterocycles. The fourth-order valence-corrected chi connectivity index (χ4v) is 2.66. The van der Waals surface area contributed by atoms with Crippen molar-refractivity contribution in [2.24, 2.45) is 5.92 Å². The molecule has 1 aromatic rings. The molecule has 17 heavy (non-hydrogen) atoms. The van der Waals surface area contributed by atoms with Gasteiger partial charge in [0.1, 0.15) is 4.88 Å². The van der Waals surface area contributed by atoms with Gasteiger partial charge in [-0.3, -0.25) is 9.59 Å². The van der Waals surface area contributed by atoms with Crippen molar-refractivity contribution in [3.8, 4) is 0 Å². The second kappa shape index (κ2) is 4.79. The van der Waals surface area contributed by atoms with E-state index in [2.05, 4.69) is 14.9 Å². The molecular weight excluding hydrogens is 242 g/mol. The average Bonchev–Trinajstić information content (AvgIpc) is 2.86.